The van der Waals surface area contributed by atoms with Gasteiger partial charge in [-0.1, -0.05) is 47.0 Å². The van der Waals surface area contributed by atoms with Gasteiger partial charge < -0.3 is 10.1 Å². The summed E-state index contributed by atoms with van der Waals surface area (Å²) in [6.07, 6.45) is 21.4. The van der Waals surface area contributed by atoms with E-state index in [1.54, 1.807) is 0 Å². The van der Waals surface area contributed by atoms with Crippen LogP contribution in [-0.2, 0) is 4.74 Å². The van der Waals surface area contributed by atoms with Crippen LogP contribution in [-0.4, -0.2) is 26.3 Å². The summed E-state index contributed by atoms with van der Waals surface area (Å²) in [7, 11) is 2.19. The fourth-order valence-electron chi connectivity index (χ4n) is 9.94. The van der Waals surface area contributed by atoms with Crippen molar-refractivity contribution >= 4 is 0 Å². The third-order valence-electron chi connectivity index (χ3n) is 11.9. The van der Waals surface area contributed by atoms with E-state index in [9.17, 15) is 0 Å². The fourth-order valence-corrected chi connectivity index (χ4v) is 9.94. The minimum absolute atomic E-state index is 0.618. The highest BCUT2D eigenvalue weighted by Crippen LogP contribution is 2.68. The Balaban J connectivity index is 1.29. The van der Waals surface area contributed by atoms with Crippen LogP contribution in [0.5, 0.6) is 0 Å². The van der Waals surface area contributed by atoms with E-state index in [1.165, 1.54) is 96.3 Å². The van der Waals surface area contributed by atoms with E-state index in [0.717, 1.165) is 54.8 Å². The molecule has 9 atom stereocenters. The Morgan fingerprint density at radius 2 is 1.61 bits per heavy atom. The van der Waals surface area contributed by atoms with Gasteiger partial charge in [0.25, 0.3) is 0 Å². The SMILES string of the molecule is CCCCCCOCCC[C@@H](C)C1CCC2C3CCC4CC(NC)CCC4(C)C3CCC21C. The van der Waals surface area contributed by atoms with Crippen molar-refractivity contribution in [3.8, 4) is 0 Å². The van der Waals surface area contributed by atoms with Crippen molar-refractivity contribution in [2.45, 2.75) is 130 Å². The second-order valence-corrected chi connectivity index (χ2v) is 13.4. The zero-order chi connectivity index (χ0) is 23.5. The van der Waals surface area contributed by atoms with Crippen LogP contribution < -0.4 is 5.32 Å². The van der Waals surface area contributed by atoms with Gasteiger partial charge in [0.1, 0.15) is 0 Å². The lowest BCUT2D eigenvalue weighted by atomic mass is 9.44. The van der Waals surface area contributed by atoms with Crippen molar-refractivity contribution in [3.63, 3.8) is 0 Å². The molecule has 33 heavy (non-hydrogen) atoms. The Bertz CT molecular complexity index is 606. The number of ether oxygens (including phenoxy) is 1. The molecule has 0 saturated heterocycles. The first-order chi connectivity index (χ1) is 15.9. The lowest BCUT2D eigenvalue weighted by molar-refractivity contribution is -0.117. The summed E-state index contributed by atoms with van der Waals surface area (Å²) in [6, 6.07) is 0.783. The molecule has 0 aromatic rings. The first kappa shape index (κ1) is 26.0. The molecule has 0 heterocycles. The van der Waals surface area contributed by atoms with Crippen molar-refractivity contribution in [2.24, 2.45) is 46.3 Å². The summed E-state index contributed by atoms with van der Waals surface area (Å²) >= 11 is 0. The average molecular weight is 460 g/mol. The van der Waals surface area contributed by atoms with E-state index in [2.05, 4.69) is 40.1 Å². The van der Waals surface area contributed by atoms with Crippen LogP contribution in [0.15, 0.2) is 0 Å². The van der Waals surface area contributed by atoms with Crippen LogP contribution in [0.4, 0.5) is 0 Å². The van der Waals surface area contributed by atoms with Crippen LogP contribution in [0.25, 0.3) is 0 Å². The minimum Gasteiger partial charge on any atom is -0.381 e. The smallest absolute Gasteiger partial charge is 0.0466 e. The zero-order valence-electron chi connectivity index (χ0n) is 23.0. The number of hydrogen-bond donors (Lipinski definition) is 1. The molecule has 4 aliphatic rings. The van der Waals surface area contributed by atoms with Crippen LogP contribution in [0.1, 0.15) is 124 Å². The minimum atomic E-state index is 0.618. The van der Waals surface area contributed by atoms with Gasteiger partial charge in [0.15, 0.2) is 0 Å². The van der Waals surface area contributed by atoms with Gasteiger partial charge in [-0.05, 0) is 130 Å². The summed E-state index contributed by atoms with van der Waals surface area (Å²) in [5, 5.41) is 3.61. The van der Waals surface area contributed by atoms with Gasteiger partial charge in [-0.25, -0.2) is 0 Å². The van der Waals surface area contributed by atoms with Gasteiger partial charge in [-0.3, -0.25) is 0 Å². The molecular weight excluding hydrogens is 402 g/mol. The maximum Gasteiger partial charge on any atom is 0.0466 e. The van der Waals surface area contributed by atoms with Crippen molar-refractivity contribution in [1.29, 1.82) is 0 Å². The number of nitrogens with one attached hydrogen (secondary N) is 1. The molecule has 1 N–H and O–H groups in total. The third-order valence-corrected chi connectivity index (χ3v) is 11.9. The van der Waals surface area contributed by atoms with Gasteiger partial charge in [0.2, 0.25) is 0 Å². The van der Waals surface area contributed by atoms with Crippen LogP contribution in [0.3, 0.4) is 0 Å². The molecule has 0 amide bonds. The second kappa shape index (κ2) is 11.3. The standard InChI is InChI=1S/C31H57NO/c1-6-7-8-9-20-33-21-10-11-23(2)27-14-15-28-26-13-12-24-22-25(32-5)16-18-30(24,3)29(26)17-19-31(27,28)4/h23-29,32H,6-22H2,1-5H3/t23-,24?,25?,26?,27?,28?,29?,30?,31?/m1/s1. The maximum absolute atomic E-state index is 5.97. The Kier molecular flexibility index (Phi) is 8.92. The Hall–Kier alpha value is -0.0800. The van der Waals surface area contributed by atoms with E-state index < -0.39 is 0 Å². The van der Waals surface area contributed by atoms with Gasteiger partial charge in [0.05, 0.1) is 0 Å². The van der Waals surface area contributed by atoms with Gasteiger partial charge in [-0.15, -0.1) is 0 Å². The highest BCUT2D eigenvalue weighted by atomic mass is 16.5. The molecule has 4 fully saturated rings. The van der Waals surface area contributed by atoms with E-state index >= 15 is 0 Å². The third kappa shape index (κ3) is 5.23. The van der Waals surface area contributed by atoms with Gasteiger partial charge in [0, 0.05) is 19.3 Å². The normalized spacial score (nSPS) is 43.5. The van der Waals surface area contributed by atoms with Crippen molar-refractivity contribution in [3.05, 3.63) is 0 Å². The zero-order valence-corrected chi connectivity index (χ0v) is 23.0. The summed E-state index contributed by atoms with van der Waals surface area (Å²) in [5.74, 6) is 5.87. The first-order valence-electron chi connectivity index (χ1n) is 15.2. The van der Waals surface area contributed by atoms with Crippen molar-refractivity contribution < 1.29 is 4.74 Å². The van der Waals surface area contributed by atoms with Crippen LogP contribution in [0, 0.1) is 46.3 Å². The predicted octanol–water partition coefficient (Wildman–Crippen LogP) is 8.25. The Labute approximate surface area is 206 Å². The molecule has 4 rings (SSSR count). The maximum atomic E-state index is 5.97. The quantitative estimate of drug-likeness (QED) is 0.314. The van der Waals surface area contributed by atoms with Crippen LogP contribution >= 0.6 is 0 Å². The molecule has 0 radical (unpaired) electrons. The molecule has 0 aromatic heterocycles. The van der Waals surface area contributed by atoms with Crippen LogP contribution in [0.2, 0.25) is 0 Å². The average Bonchev–Trinajstić information content (AvgIpc) is 3.17. The van der Waals surface area contributed by atoms with Gasteiger partial charge >= 0.3 is 0 Å². The molecule has 4 aliphatic carbocycles. The Morgan fingerprint density at radius 1 is 0.848 bits per heavy atom. The second-order valence-electron chi connectivity index (χ2n) is 13.4. The number of hydrogen-bond acceptors (Lipinski definition) is 2. The topological polar surface area (TPSA) is 21.3 Å². The van der Waals surface area contributed by atoms with Crippen molar-refractivity contribution in [2.75, 3.05) is 20.3 Å². The molecule has 0 aliphatic heterocycles. The molecule has 4 saturated carbocycles. The largest absolute Gasteiger partial charge is 0.381 e. The van der Waals surface area contributed by atoms with E-state index in [-0.39, 0.29) is 0 Å². The lowest BCUT2D eigenvalue weighted by Gasteiger charge is -2.61. The number of rotatable bonds is 11. The lowest BCUT2D eigenvalue weighted by Crippen LogP contribution is -2.55. The summed E-state index contributed by atoms with van der Waals surface area (Å²) in [5.41, 5.74) is 1.25. The Morgan fingerprint density at radius 3 is 2.39 bits per heavy atom. The number of unbranched alkanes of at least 4 members (excludes halogenated alkanes) is 3. The number of fused-ring (bicyclic) bond motifs is 5. The molecular formula is C31H57NO. The molecule has 192 valence electrons. The van der Waals surface area contributed by atoms with Crippen molar-refractivity contribution in [1.82, 2.24) is 5.32 Å². The molecule has 2 heteroatoms. The fraction of sp³-hybridized carbons (Fsp3) is 1.00. The summed E-state index contributed by atoms with van der Waals surface area (Å²) in [6.45, 7) is 12.3. The highest BCUT2D eigenvalue weighted by Gasteiger charge is 2.60. The molecule has 8 unspecified atom stereocenters. The predicted molar refractivity (Wildman–Crippen MR) is 141 cm³/mol. The van der Waals surface area contributed by atoms with E-state index in [1.807, 2.05) is 0 Å². The highest BCUT2D eigenvalue weighted by molar-refractivity contribution is 5.10. The molecule has 2 nitrogen and oxygen atoms in total. The summed E-state index contributed by atoms with van der Waals surface area (Å²) in [4.78, 5) is 0. The first-order valence-corrected chi connectivity index (χ1v) is 15.2. The summed E-state index contributed by atoms with van der Waals surface area (Å²) < 4.78 is 5.97. The monoisotopic (exact) mass is 459 g/mol. The van der Waals surface area contributed by atoms with Gasteiger partial charge in [-0.2, -0.15) is 0 Å². The molecule has 0 spiro atoms. The molecule has 0 bridgehead atoms. The van der Waals surface area contributed by atoms with E-state index in [0.29, 0.717) is 10.8 Å². The molecule has 0 aromatic carbocycles. The van der Waals surface area contributed by atoms with E-state index in [4.69, 9.17) is 4.74 Å².